The van der Waals surface area contributed by atoms with Crippen molar-refractivity contribution in [3.05, 3.63) is 0 Å². The fraction of sp³-hybridized carbons (Fsp3) is 0.944. The fourth-order valence-corrected chi connectivity index (χ4v) is 6.11. The molecule has 0 heterocycles. The molecule has 0 aromatic heterocycles. The van der Waals surface area contributed by atoms with Crippen LogP contribution in [0, 0.1) is 22.7 Å². The van der Waals surface area contributed by atoms with Crippen LogP contribution in [-0.4, -0.2) is 36.1 Å². The molecule has 21 heavy (non-hydrogen) atoms. The third-order valence-electron chi connectivity index (χ3n) is 6.31. The molecule has 4 rings (SSSR count). The molecule has 3 heteroatoms. The van der Waals surface area contributed by atoms with Crippen LogP contribution in [0.3, 0.4) is 0 Å². The van der Waals surface area contributed by atoms with Crippen molar-refractivity contribution in [1.29, 1.82) is 0 Å². The Labute approximate surface area is 129 Å². The fourth-order valence-electron chi connectivity index (χ4n) is 6.11. The molecule has 2 unspecified atom stereocenters. The van der Waals surface area contributed by atoms with Crippen molar-refractivity contribution >= 4 is 5.91 Å². The van der Waals surface area contributed by atoms with E-state index in [9.17, 15) is 4.79 Å². The molecule has 3 nitrogen and oxygen atoms in total. The second-order valence-corrected chi connectivity index (χ2v) is 8.56. The number of nitrogens with zero attached hydrogens (tertiary/aromatic N) is 1. The van der Waals surface area contributed by atoms with Crippen LogP contribution in [0.5, 0.6) is 0 Å². The molecule has 120 valence electrons. The van der Waals surface area contributed by atoms with E-state index in [1.54, 1.807) is 0 Å². The number of aliphatic hydroxyl groups excluding tert-OH is 1. The van der Waals surface area contributed by atoms with Crippen molar-refractivity contribution < 1.29 is 9.90 Å². The summed E-state index contributed by atoms with van der Waals surface area (Å²) in [5.74, 6) is 2.04. The van der Waals surface area contributed by atoms with E-state index in [0.29, 0.717) is 11.3 Å². The second-order valence-electron chi connectivity index (χ2n) is 8.56. The van der Waals surface area contributed by atoms with Gasteiger partial charge in [-0.2, -0.15) is 0 Å². The number of carbonyl (C=O) groups is 1. The third kappa shape index (κ3) is 2.86. The summed E-state index contributed by atoms with van der Waals surface area (Å²) in [6.07, 6.45) is 10.4. The monoisotopic (exact) mass is 293 g/mol. The van der Waals surface area contributed by atoms with E-state index in [0.717, 1.165) is 56.9 Å². The normalized spacial score (nSPS) is 40.5. The van der Waals surface area contributed by atoms with Gasteiger partial charge in [-0.3, -0.25) is 4.79 Å². The van der Waals surface area contributed by atoms with E-state index in [1.807, 2.05) is 11.9 Å². The molecule has 2 atom stereocenters. The maximum absolute atomic E-state index is 13.1. The molecular formula is C18H31NO2. The Morgan fingerprint density at radius 1 is 1.14 bits per heavy atom. The van der Waals surface area contributed by atoms with Crippen molar-refractivity contribution in [1.82, 2.24) is 4.90 Å². The lowest BCUT2D eigenvalue weighted by Crippen LogP contribution is -2.57. The van der Waals surface area contributed by atoms with Crippen LogP contribution in [0.4, 0.5) is 0 Å². The molecule has 4 aliphatic rings. The number of hydrogen-bond acceptors (Lipinski definition) is 2. The predicted octanol–water partition coefficient (Wildman–Crippen LogP) is 3.21. The summed E-state index contributed by atoms with van der Waals surface area (Å²) in [5, 5.41) is 8.84. The van der Waals surface area contributed by atoms with E-state index in [4.69, 9.17) is 5.11 Å². The molecule has 0 saturated heterocycles. The van der Waals surface area contributed by atoms with Gasteiger partial charge in [-0.15, -0.1) is 0 Å². The minimum absolute atomic E-state index is 0.0233. The third-order valence-corrected chi connectivity index (χ3v) is 6.31. The van der Waals surface area contributed by atoms with Gasteiger partial charge in [0.05, 0.1) is 5.41 Å². The Balaban J connectivity index is 1.64. The van der Waals surface area contributed by atoms with Crippen LogP contribution >= 0.6 is 0 Å². The summed E-state index contributed by atoms with van der Waals surface area (Å²) in [7, 11) is 1.99. The molecule has 0 aliphatic heterocycles. The van der Waals surface area contributed by atoms with Crippen LogP contribution in [-0.2, 0) is 4.79 Å². The van der Waals surface area contributed by atoms with Gasteiger partial charge in [0.25, 0.3) is 0 Å². The largest absolute Gasteiger partial charge is 0.396 e. The van der Waals surface area contributed by atoms with E-state index in [1.165, 1.54) is 19.3 Å². The number of hydrogen-bond donors (Lipinski definition) is 1. The van der Waals surface area contributed by atoms with Gasteiger partial charge in [-0.1, -0.05) is 6.92 Å². The molecule has 1 amide bonds. The van der Waals surface area contributed by atoms with Crippen LogP contribution in [0.2, 0.25) is 0 Å². The second kappa shape index (κ2) is 5.57. The summed E-state index contributed by atoms with van der Waals surface area (Å²) >= 11 is 0. The highest BCUT2D eigenvalue weighted by Crippen LogP contribution is 2.65. The first kappa shape index (κ1) is 15.3. The van der Waals surface area contributed by atoms with Crippen LogP contribution < -0.4 is 0 Å². The summed E-state index contributed by atoms with van der Waals surface area (Å²) in [4.78, 5) is 15.1. The molecule has 1 N–H and O–H groups in total. The average molecular weight is 293 g/mol. The minimum Gasteiger partial charge on any atom is -0.396 e. The molecular weight excluding hydrogens is 262 g/mol. The van der Waals surface area contributed by atoms with Gasteiger partial charge in [0.1, 0.15) is 0 Å². The Bertz CT molecular complexity index is 392. The molecule has 4 aliphatic carbocycles. The number of carbonyl (C=O) groups excluding carboxylic acids is 1. The highest BCUT2D eigenvalue weighted by atomic mass is 16.2. The summed E-state index contributed by atoms with van der Waals surface area (Å²) in [6.45, 7) is 3.55. The zero-order valence-electron chi connectivity index (χ0n) is 13.7. The first-order chi connectivity index (χ1) is 9.96. The first-order valence-electron chi connectivity index (χ1n) is 8.83. The van der Waals surface area contributed by atoms with Gasteiger partial charge < -0.3 is 10.0 Å². The molecule has 0 spiro atoms. The standard InChI is InChI=1S/C18H31NO2/c1-17-9-14-8-15(10-17)12-18(11-14,13-17)16(21)19(2)6-4-3-5-7-20/h14-15,20H,3-13H2,1-2H3. The van der Waals surface area contributed by atoms with Crippen LogP contribution in [0.1, 0.15) is 64.7 Å². The van der Waals surface area contributed by atoms with Gasteiger partial charge in [0.15, 0.2) is 0 Å². The summed E-state index contributed by atoms with van der Waals surface area (Å²) in [6, 6.07) is 0. The maximum atomic E-state index is 13.1. The number of aliphatic hydroxyl groups is 1. The molecule has 4 bridgehead atoms. The SMILES string of the molecule is CN(CCCCCO)C(=O)C12CC3CC(CC(C)(C3)C1)C2. The topological polar surface area (TPSA) is 40.5 Å². The summed E-state index contributed by atoms with van der Waals surface area (Å²) in [5.41, 5.74) is 0.419. The lowest BCUT2D eigenvalue weighted by Gasteiger charge is -2.61. The molecule has 4 fully saturated rings. The number of unbranched alkanes of at least 4 members (excludes halogenated alkanes) is 2. The maximum Gasteiger partial charge on any atom is 0.228 e. The predicted molar refractivity (Wildman–Crippen MR) is 83.8 cm³/mol. The zero-order chi connectivity index (χ0) is 15.1. The smallest absolute Gasteiger partial charge is 0.228 e. The highest BCUT2D eigenvalue weighted by molar-refractivity contribution is 5.83. The Hall–Kier alpha value is -0.570. The minimum atomic E-state index is -0.0233. The average Bonchev–Trinajstić information content (AvgIpc) is 2.39. The van der Waals surface area contributed by atoms with E-state index < -0.39 is 0 Å². The van der Waals surface area contributed by atoms with Crippen LogP contribution in [0.15, 0.2) is 0 Å². The quantitative estimate of drug-likeness (QED) is 0.764. The first-order valence-corrected chi connectivity index (χ1v) is 8.83. The highest BCUT2D eigenvalue weighted by Gasteiger charge is 2.59. The molecule has 0 aromatic carbocycles. The van der Waals surface area contributed by atoms with Crippen molar-refractivity contribution in [2.45, 2.75) is 64.7 Å². The lowest BCUT2D eigenvalue weighted by molar-refractivity contribution is -0.164. The van der Waals surface area contributed by atoms with Gasteiger partial charge >= 0.3 is 0 Å². The zero-order valence-corrected chi connectivity index (χ0v) is 13.7. The molecule has 0 radical (unpaired) electrons. The number of amides is 1. The van der Waals surface area contributed by atoms with Crippen molar-refractivity contribution in [3.63, 3.8) is 0 Å². The Morgan fingerprint density at radius 2 is 1.81 bits per heavy atom. The Morgan fingerprint density at radius 3 is 2.38 bits per heavy atom. The van der Waals surface area contributed by atoms with Crippen molar-refractivity contribution in [2.75, 3.05) is 20.2 Å². The lowest BCUT2D eigenvalue weighted by atomic mass is 9.44. The van der Waals surface area contributed by atoms with Gasteiger partial charge in [0.2, 0.25) is 5.91 Å². The summed E-state index contributed by atoms with van der Waals surface area (Å²) < 4.78 is 0. The van der Waals surface area contributed by atoms with E-state index in [-0.39, 0.29) is 12.0 Å². The molecule has 0 aromatic rings. The van der Waals surface area contributed by atoms with E-state index in [2.05, 4.69) is 6.92 Å². The van der Waals surface area contributed by atoms with Crippen LogP contribution in [0.25, 0.3) is 0 Å². The molecule has 4 saturated carbocycles. The van der Waals surface area contributed by atoms with Crippen molar-refractivity contribution in [2.24, 2.45) is 22.7 Å². The number of rotatable bonds is 6. The Kier molecular flexibility index (Phi) is 4.06. The van der Waals surface area contributed by atoms with Crippen molar-refractivity contribution in [3.8, 4) is 0 Å². The van der Waals surface area contributed by atoms with Gasteiger partial charge in [0, 0.05) is 20.2 Å². The van der Waals surface area contributed by atoms with Gasteiger partial charge in [-0.25, -0.2) is 0 Å². The van der Waals surface area contributed by atoms with E-state index >= 15 is 0 Å². The van der Waals surface area contributed by atoms with Gasteiger partial charge in [-0.05, 0) is 75.0 Å².